The molecule has 0 amide bonds. The van der Waals surface area contributed by atoms with E-state index < -0.39 is 10.0 Å². The fourth-order valence-electron chi connectivity index (χ4n) is 3.01. The summed E-state index contributed by atoms with van der Waals surface area (Å²) in [7, 11) is -3.44. The molecule has 2 atom stereocenters. The average molecular weight is 296 g/mol. The molecule has 0 bridgehead atoms. The van der Waals surface area contributed by atoms with Crippen LogP contribution in [0.25, 0.3) is 0 Å². The number of nitrogens with zero attached hydrogens (tertiary/aromatic N) is 1. The first-order chi connectivity index (χ1) is 9.48. The second-order valence-electron chi connectivity index (χ2n) is 5.49. The van der Waals surface area contributed by atoms with Crippen LogP contribution >= 0.6 is 0 Å². The molecule has 0 spiro atoms. The highest BCUT2D eigenvalue weighted by Gasteiger charge is 2.36. The summed E-state index contributed by atoms with van der Waals surface area (Å²) in [6.45, 7) is 6.68. The first-order valence-corrected chi connectivity index (χ1v) is 8.79. The molecule has 5 heteroatoms. The van der Waals surface area contributed by atoms with E-state index in [0.29, 0.717) is 17.1 Å². The van der Waals surface area contributed by atoms with Crippen molar-refractivity contribution < 1.29 is 8.42 Å². The van der Waals surface area contributed by atoms with Crippen LogP contribution in [-0.4, -0.2) is 31.4 Å². The molecule has 2 unspecified atom stereocenters. The largest absolute Gasteiger partial charge is 0.384 e. The third-order valence-corrected chi connectivity index (χ3v) is 6.11. The van der Waals surface area contributed by atoms with Gasteiger partial charge >= 0.3 is 0 Å². The summed E-state index contributed by atoms with van der Waals surface area (Å²) >= 11 is 0. The zero-order chi connectivity index (χ0) is 14.8. The van der Waals surface area contributed by atoms with Crippen molar-refractivity contribution in [1.82, 2.24) is 4.31 Å². The number of nitrogens with one attached hydrogen (secondary N) is 1. The lowest BCUT2D eigenvalue weighted by molar-refractivity contribution is 0.204. The fourth-order valence-corrected chi connectivity index (χ4v) is 5.07. The van der Waals surface area contributed by atoms with Gasteiger partial charge in [-0.05, 0) is 45.7 Å². The first kappa shape index (κ1) is 15.3. The number of anilines is 1. The van der Waals surface area contributed by atoms with Gasteiger partial charge in [-0.2, -0.15) is 4.31 Å². The molecule has 1 N–H and O–H groups in total. The zero-order valence-electron chi connectivity index (χ0n) is 12.5. The molecule has 1 aromatic carbocycles. The van der Waals surface area contributed by atoms with Crippen LogP contribution in [-0.2, 0) is 10.0 Å². The highest BCUT2D eigenvalue weighted by molar-refractivity contribution is 7.89. The number of hydrogen-bond donors (Lipinski definition) is 1. The van der Waals surface area contributed by atoms with E-state index in [-0.39, 0.29) is 12.1 Å². The summed E-state index contributed by atoms with van der Waals surface area (Å²) < 4.78 is 27.7. The Morgan fingerprint density at radius 3 is 2.40 bits per heavy atom. The van der Waals surface area contributed by atoms with Gasteiger partial charge < -0.3 is 5.32 Å². The van der Waals surface area contributed by atoms with E-state index in [2.05, 4.69) is 5.32 Å². The van der Waals surface area contributed by atoms with Crippen LogP contribution in [0.4, 0.5) is 5.69 Å². The number of para-hydroxylation sites is 1. The predicted octanol–water partition coefficient (Wildman–Crippen LogP) is 3.07. The Kier molecular flexibility index (Phi) is 4.70. The topological polar surface area (TPSA) is 49.4 Å². The average Bonchev–Trinajstić information content (AvgIpc) is 2.39. The molecular weight excluding hydrogens is 272 g/mol. The van der Waals surface area contributed by atoms with Gasteiger partial charge in [-0.25, -0.2) is 8.42 Å². The molecule has 1 heterocycles. The summed E-state index contributed by atoms with van der Waals surface area (Å²) in [4.78, 5) is 0.391. The molecule has 0 saturated carbocycles. The minimum atomic E-state index is -3.44. The van der Waals surface area contributed by atoms with Gasteiger partial charge in [0.1, 0.15) is 4.90 Å². The van der Waals surface area contributed by atoms with Gasteiger partial charge in [-0.3, -0.25) is 0 Å². The van der Waals surface area contributed by atoms with E-state index in [9.17, 15) is 8.42 Å². The van der Waals surface area contributed by atoms with Gasteiger partial charge in [0.2, 0.25) is 10.0 Å². The molecule has 0 radical (unpaired) electrons. The van der Waals surface area contributed by atoms with Crippen LogP contribution in [0.2, 0.25) is 0 Å². The second kappa shape index (κ2) is 6.14. The van der Waals surface area contributed by atoms with Crippen LogP contribution < -0.4 is 5.32 Å². The van der Waals surface area contributed by atoms with Crippen LogP contribution in [0.1, 0.15) is 40.0 Å². The molecule has 1 aliphatic heterocycles. The van der Waals surface area contributed by atoms with E-state index in [4.69, 9.17) is 0 Å². The van der Waals surface area contributed by atoms with Crippen molar-refractivity contribution in [2.75, 3.05) is 11.9 Å². The van der Waals surface area contributed by atoms with Gasteiger partial charge in [0.15, 0.2) is 0 Å². The third kappa shape index (κ3) is 2.83. The number of piperidine rings is 1. The molecular formula is C15H24N2O2S. The van der Waals surface area contributed by atoms with E-state index in [1.54, 1.807) is 16.4 Å². The van der Waals surface area contributed by atoms with Crippen molar-refractivity contribution in [3.8, 4) is 0 Å². The number of benzene rings is 1. The van der Waals surface area contributed by atoms with E-state index in [1.807, 2.05) is 32.9 Å². The lowest BCUT2D eigenvalue weighted by atomic mass is 10.0. The summed E-state index contributed by atoms with van der Waals surface area (Å²) in [5, 5.41) is 3.15. The maximum Gasteiger partial charge on any atom is 0.245 e. The molecule has 0 aromatic heterocycles. The van der Waals surface area contributed by atoms with Crippen LogP contribution in [0.5, 0.6) is 0 Å². The van der Waals surface area contributed by atoms with Crippen molar-refractivity contribution >= 4 is 15.7 Å². The van der Waals surface area contributed by atoms with Gasteiger partial charge in [-0.1, -0.05) is 18.6 Å². The van der Waals surface area contributed by atoms with Crippen molar-refractivity contribution in [2.45, 2.75) is 57.0 Å². The predicted molar refractivity (Wildman–Crippen MR) is 82.4 cm³/mol. The van der Waals surface area contributed by atoms with E-state index >= 15 is 0 Å². The van der Waals surface area contributed by atoms with Crippen LogP contribution in [0.15, 0.2) is 29.2 Å². The van der Waals surface area contributed by atoms with Crippen molar-refractivity contribution in [1.29, 1.82) is 0 Å². The summed E-state index contributed by atoms with van der Waals surface area (Å²) in [5.41, 5.74) is 0.694. The minimum Gasteiger partial charge on any atom is -0.384 e. The maximum absolute atomic E-state index is 13.0. The fraction of sp³-hybridized carbons (Fsp3) is 0.600. The Hall–Kier alpha value is -1.07. The molecule has 4 nitrogen and oxygen atoms in total. The Bertz CT molecular complexity index is 547. The lowest BCUT2D eigenvalue weighted by Gasteiger charge is -2.38. The molecule has 1 aliphatic rings. The smallest absolute Gasteiger partial charge is 0.245 e. The number of rotatable bonds is 4. The SMILES string of the molecule is CCNc1ccccc1S(=O)(=O)N1C(C)CCCC1C. The molecule has 0 aliphatic carbocycles. The normalized spacial score (nSPS) is 24.6. The van der Waals surface area contributed by atoms with Crippen molar-refractivity contribution in [2.24, 2.45) is 0 Å². The molecule has 112 valence electrons. The molecule has 1 saturated heterocycles. The number of sulfonamides is 1. The Morgan fingerprint density at radius 1 is 1.20 bits per heavy atom. The monoisotopic (exact) mass is 296 g/mol. The van der Waals surface area contributed by atoms with Gasteiger partial charge in [0.25, 0.3) is 0 Å². The van der Waals surface area contributed by atoms with Crippen molar-refractivity contribution in [3.63, 3.8) is 0 Å². The van der Waals surface area contributed by atoms with Gasteiger partial charge in [-0.15, -0.1) is 0 Å². The molecule has 2 rings (SSSR count). The highest BCUT2D eigenvalue weighted by atomic mass is 32.2. The Balaban J connectivity index is 2.44. The summed E-state index contributed by atoms with van der Waals surface area (Å²) in [5.74, 6) is 0. The molecule has 1 aromatic rings. The van der Waals surface area contributed by atoms with E-state index in [0.717, 1.165) is 19.3 Å². The van der Waals surface area contributed by atoms with Crippen LogP contribution in [0.3, 0.4) is 0 Å². The van der Waals surface area contributed by atoms with E-state index in [1.165, 1.54) is 0 Å². The lowest BCUT2D eigenvalue weighted by Crippen LogP contribution is -2.47. The molecule has 1 fully saturated rings. The molecule has 20 heavy (non-hydrogen) atoms. The van der Waals surface area contributed by atoms with Crippen LogP contribution in [0, 0.1) is 0 Å². The standard InChI is InChI=1S/C15H24N2O2S/c1-4-16-14-10-5-6-11-15(14)20(18,19)17-12(2)8-7-9-13(17)3/h5-6,10-13,16H,4,7-9H2,1-3H3. The van der Waals surface area contributed by atoms with Gasteiger partial charge in [0, 0.05) is 18.6 Å². The zero-order valence-corrected chi connectivity index (χ0v) is 13.3. The Labute approximate surface area is 122 Å². The quantitative estimate of drug-likeness (QED) is 0.929. The summed E-state index contributed by atoms with van der Waals surface area (Å²) in [6.07, 6.45) is 2.98. The third-order valence-electron chi connectivity index (χ3n) is 3.92. The second-order valence-corrected chi connectivity index (χ2v) is 7.30. The summed E-state index contributed by atoms with van der Waals surface area (Å²) in [6, 6.07) is 7.31. The minimum absolute atomic E-state index is 0.0680. The Morgan fingerprint density at radius 2 is 1.80 bits per heavy atom. The maximum atomic E-state index is 13.0. The van der Waals surface area contributed by atoms with Gasteiger partial charge in [0.05, 0.1) is 5.69 Å². The van der Waals surface area contributed by atoms with Crippen molar-refractivity contribution in [3.05, 3.63) is 24.3 Å². The number of hydrogen-bond acceptors (Lipinski definition) is 3. The highest BCUT2D eigenvalue weighted by Crippen LogP contribution is 2.32. The first-order valence-electron chi connectivity index (χ1n) is 7.35.